The van der Waals surface area contributed by atoms with Gasteiger partial charge in [-0.15, -0.1) is 0 Å². The zero-order valence-electron chi connectivity index (χ0n) is 15.3. The molecule has 156 valence electrons. The lowest BCUT2D eigenvalue weighted by Crippen LogP contribution is -2.48. The van der Waals surface area contributed by atoms with Gasteiger partial charge in [0.25, 0.3) is 5.56 Å². The van der Waals surface area contributed by atoms with E-state index in [9.17, 15) is 13.6 Å². The van der Waals surface area contributed by atoms with Crippen LogP contribution in [0.15, 0.2) is 33.2 Å². The molecular weight excluding hydrogens is 443 g/mol. The fourth-order valence-electron chi connectivity index (χ4n) is 4.22. The quantitative estimate of drug-likeness (QED) is 0.672. The van der Waals surface area contributed by atoms with Gasteiger partial charge < -0.3 is 15.6 Å². The summed E-state index contributed by atoms with van der Waals surface area (Å²) in [5, 5.41) is 0.991. The van der Waals surface area contributed by atoms with Gasteiger partial charge in [-0.3, -0.25) is 4.79 Å². The molecule has 0 radical (unpaired) electrons. The van der Waals surface area contributed by atoms with Crippen LogP contribution in [0, 0.1) is 5.41 Å². The zero-order chi connectivity index (χ0) is 20.8. The monoisotopic (exact) mass is 461 g/mol. The summed E-state index contributed by atoms with van der Waals surface area (Å²) in [6.45, 7) is 0.941. The molecule has 2 aromatic rings. The standard InChI is InChI=1S/C18H19Cl2F2N5OS/c19-13-10(1-4-24-14(13)20)29-12-8-25-15(16(28)26-12)27-5-2-17(3-6-27)9-18(21,22)7-11(17)23/h1,4,8,11H,2-3,5-7,9,23H2,(H,26,28). The summed E-state index contributed by atoms with van der Waals surface area (Å²) in [7, 11) is 0. The number of piperidine rings is 1. The first kappa shape index (κ1) is 20.8. The third-order valence-electron chi connectivity index (χ3n) is 5.75. The SMILES string of the molecule is NC1CC(F)(F)CC12CCN(c1ncc(Sc3ccnc(Cl)c3Cl)[nH]c1=O)CC2. The number of hydrogen-bond acceptors (Lipinski definition) is 6. The molecule has 6 nitrogen and oxygen atoms in total. The van der Waals surface area contributed by atoms with Gasteiger partial charge in [0.15, 0.2) is 5.82 Å². The van der Waals surface area contributed by atoms with E-state index in [-0.39, 0.29) is 29.4 Å². The minimum absolute atomic E-state index is 0.177. The van der Waals surface area contributed by atoms with E-state index in [1.54, 1.807) is 12.3 Å². The largest absolute Gasteiger partial charge is 0.352 e. The molecule has 2 aliphatic rings. The molecule has 0 bridgehead atoms. The molecule has 29 heavy (non-hydrogen) atoms. The smallest absolute Gasteiger partial charge is 0.291 e. The van der Waals surface area contributed by atoms with Crippen LogP contribution < -0.4 is 16.2 Å². The fourth-order valence-corrected chi connectivity index (χ4v) is 5.47. The number of nitrogens with two attached hydrogens (primary N) is 1. The summed E-state index contributed by atoms with van der Waals surface area (Å²) < 4.78 is 27.6. The van der Waals surface area contributed by atoms with Gasteiger partial charge in [0, 0.05) is 43.1 Å². The Kier molecular flexibility index (Phi) is 5.52. The second kappa shape index (κ2) is 7.68. The third kappa shape index (κ3) is 4.10. The summed E-state index contributed by atoms with van der Waals surface area (Å²) in [6.07, 6.45) is 3.67. The van der Waals surface area contributed by atoms with E-state index in [0.717, 1.165) is 0 Å². The topological polar surface area (TPSA) is 87.9 Å². The van der Waals surface area contributed by atoms with Crippen molar-refractivity contribution in [3.05, 3.63) is 39.0 Å². The van der Waals surface area contributed by atoms with Crippen molar-refractivity contribution in [1.29, 1.82) is 0 Å². The molecule has 1 aliphatic heterocycles. The lowest BCUT2D eigenvalue weighted by molar-refractivity contribution is -0.00684. The number of rotatable bonds is 3. The normalized spacial score (nSPS) is 22.9. The van der Waals surface area contributed by atoms with Crippen molar-refractivity contribution in [2.24, 2.45) is 11.1 Å². The number of nitrogens with one attached hydrogen (secondary N) is 1. The Morgan fingerprint density at radius 3 is 2.62 bits per heavy atom. The van der Waals surface area contributed by atoms with Gasteiger partial charge in [0.1, 0.15) is 5.15 Å². The average molecular weight is 462 g/mol. The summed E-state index contributed by atoms with van der Waals surface area (Å²) in [5.74, 6) is -2.42. The summed E-state index contributed by atoms with van der Waals surface area (Å²) >= 11 is 13.3. The van der Waals surface area contributed by atoms with E-state index in [1.807, 2.05) is 4.90 Å². The molecule has 2 fully saturated rings. The lowest BCUT2D eigenvalue weighted by atomic mass is 9.74. The predicted octanol–water partition coefficient (Wildman–Crippen LogP) is 3.97. The Labute approximate surface area is 180 Å². The molecule has 1 saturated carbocycles. The van der Waals surface area contributed by atoms with E-state index < -0.39 is 17.4 Å². The van der Waals surface area contributed by atoms with Gasteiger partial charge >= 0.3 is 0 Å². The summed E-state index contributed by atoms with van der Waals surface area (Å²) in [6, 6.07) is 1.18. The van der Waals surface area contributed by atoms with Crippen LogP contribution in [0.3, 0.4) is 0 Å². The van der Waals surface area contributed by atoms with Crippen LogP contribution in [0.25, 0.3) is 0 Å². The highest BCUT2D eigenvalue weighted by Gasteiger charge is 2.55. The van der Waals surface area contributed by atoms with E-state index in [0.29, 0.717) is 40.9 Å². The Morgan fingerprint density at radius 2 is 2.00 bits per heavy atom. The molecule has 3 heterocycles. The second-order valence-corrected chi connectivity index (χ2v) is 9.43. The molecule has 2 aromatic heterocycles. The van der Waals surface area contributed by atoms with Crippen LogP contribution in [-0.4, -0.2) is 40.0 Å². The van der Waals surface area contributed by atoms with Crippen molar-refractivity contribution in [2.75, 3.05) is 18.0 Å². The summed E-state index contributed by atoms with van der Waals surface area (Å²) in [5.41, 5.74) is 5.14. The van der Waals surface area contributed by atoms with Crippen molar-refractivity contribution >= 4 is 40.8 Å². The van der Waals surface area contributed by atoms with Crippen molar-refractivity contribution in [2.45, 2.75) is 47.6 Å². The first-order valence-electron chi connectivity index (χ1n) is 9.15. The number of alkyl halides is 2. The van der Waals surface area contributed by atoms with Crippen LogP contribution in [0.4, 0.5) is 14.6 Å². The van der Waals surface area contributed by atoms with Crippen molar-refractivity contribution in [3.8, 4) is 0 Å². The van der Waals surface area contributed by atoms with Crippen LogP contribution in [-0.2, 0) is 0 Å². The van der Waals surface area contributed by atoms with Crippen molar-refractivity contribution in [3.63, 3.8) is 0 Å². The number of hydrogen-bond donors (Lipinski definition) is 2. The van der Waals surface area contributed by atoms with Crippen molar-refractivity contribution in [1.82, 2.24) is 15.0 Å². The number of aromatic amines is 1. The molecule has 1 unspecified atom stereocenters. The first-order valence-corrected chi connectivity index (χ1v) is 10.7. The second-order valence-electron chi connectivity index (χ2n) is 7.61. The lowest BCUT2D eigenvalue weighted by Gasteiger charge is -2.41. The van der Waals surface area contributed by atoms with Gasteiger partial charge in [-0.2, -0.15) is 0 Å². The molecule has 0 aromatic carbocycles. The Balaban J connectivity index is 1.47. The maximum atomic E-state index is 13.8. The molecule has 4 rings (SSSR count). The molecular formula is C18H19Cl2F2N5OS. The van der Waals surface area contributed by atoms with Gasteiger partial charge in [-0.05, 0) is 24.3 Å². The maximum absolute atomic E-state index is 13.8. The highest BCUT2D eigenvalue weighted by molar-refractivity contribution is 7.99. The maximum Gasteiger partial charge on any atom is 0.291 e. The molecule has 1 saturated heterocycles. The van der Waals surface area contributed by atoms with Crippen molar-refractivity contribution < 1.29 is 8.78 Å². The average Bonchev–Trinajstić information content (AvgIpc) is 2.88. The Hall–Kier alpha value is -1.42. The van der Waals surface area contributed by atoms with E-state index in [4.69, 9.17) is 28.9 Å². The number of halogens is 4. The van der Waals surface area contributed by atoms with Crippen LogP contribution in [0.5, 0.6) is 0 Å². The minimum Gasteiger partial charge on any atom is -0.352 e. The van der Waals surface area contributed by atoms with E-state index in [1.165, 1.54) is 18.0 Å². The van der Waals surface area contributed by atoms with Gasteiger partial charge in [-0.25, -0.2) is 18.7 Å². The highest BCUT2D eigenvalue weighted by atomic mass is 35.5. The Bertz CT molecular complexity index is 981. The Morgan fingerprint density at radius 1 is 1.28 bits per heavy atom. The van der Waals surface area contributed by atoms with Crippen LogP contribution in [0.2, 0.25) is 10.2 Å². The molecule has 11 heteroatoms. The highest BCUT2D eigenvalue weighted by Crippen LogP contribution is 2.52. The molecule has 0 amide bonds. The first-order chi connectivity index (χ1) is 13.7. The third-order valence-corrected chi connectivity index (χ3v) is 7.62. The predicted molar refractivity (Wildman–Crippen MR) is 109 cm³/mol. The van der Waals surface area contributed by atoms with E-state index in [2.05, 4.69) is 15.0 Å². The molecule has 1 spiro atoms. The molecule has 3 N–H and O–H groups in total. The van der Waals surface area contributed by atoms with Crippen LogP contribution in [0.1, 0.15) is 25.7 Å². The number of pyridine rings is 1. The zero-order valence-corrected chi connectivity index (χ0v) is 17.6. The number of nitrogens with zero attached hydrogens (tertiary/aromatic N) is 3. The van der Waals surface area contributed by atoms with Gasteiger partial charge in [0.2, 0.25) is 5.92 Å². The van der Waals surface area contributed by atoms with E-state index >= 15 is 0 Å². The number of H-pyrrole nitrogens is 1. The fraction of sp³-hybridized carbons (Fsp3) is 0.500. The van der Waals surface area contributed by atoms with Gasteiger partial charge in [-0.1, -0.05) is 35.0 Å². The van der Waals surface area contributed by atoms with Gasteiger partial charge in [0.05, 0.1) is 16.2 Å². The number of aromatic nitrogens is 3. The minimum atomic E-state index is -2.70. The molecule has 1 atom stereocenters. The summed E-state index contributed by atoms with van der Waals surface area (Å²) in [4.78, 5) is 26.0. The number of anilines is 1. The van der Waals surface area contributed by atoms with Crippen LogP contribution >= 0.6 is 35.0 Å². The molecule has 1 aliphatic carbocycles.